The summed E-state index contributed by atoms with van der Waals surface area (Å²) < 4.78 is 25.0. The maximum absolute atomic E-state index is 11.6. The molecule has 0 heterocycles. The van der Waals surface area contributed by atoms with E-state index in [2.05, 4.69) is 41.5 Å². The van der Waals surface area contributed by atoms with Crippen LogP contribution >= 0.6 is 0 Å². The first kappa shape index (κ1) is 36.8. The number of hydrogen-bond donors (Lipinski definition) is 1. The fourth-order valence-corrected chi connectivity index (χ4v) is 52.9. The van der Waals surface area contributed by atoms with Crippen molar-refractivity contribution in [1.29, 1.82) is 0 Å². The van der Waals surface area contributed by atoms with Crippen molar-refractivity contribution in [3.8, 4) is 0 Å². The van der Waals surface area contributed by atoms with E-state index in [1.54, 1.807) is 0 Å². The first-order valence-electron chi connectivity index (χ1n) is 15.6. The molecule has 0 aliphatic heterocycles. The summed E-state index contributed by atoms with van der Waals surface area (Å²) in [4.78, 5) is 11.6. The molecular formula is C29H62O5Sn2. The van der Waals surface area contributed by atoms with Crippen molar-refractivity contribution < 1.29 is 20.8 Å². The van der Waals surface area contributed by atoms with Crippen molar-refractivity contribution in [1.82, 2.24) is 0 Å². The predicted octanol–water partition coefficient (Wildman–Crippen LogP) is 10.1. The Morgan fingerprint density at radius 1 is 0.750 bits per heavy atom. The van der Waals surface area contributed by atoms with E-state index in [0.29, 0.717) is 17.0 Å². The van der Waals surface area contributed by atoms with Crippen LogP contribution < -0.4 is 0 Å². The fourth-order valence-electron chi connectivity index (χ4n) is 5.34. The van der Waals surface area contributed by atoms with Crippen LogP contribution in [0.15, 0.2) is 0 Å². The minimum absolute atomic E-state index is 0.477. The van der Waals surface area contributed by atoms with Gasteiger partial charge in [0.15, 0.2) is 0 Å². The van der Waals surface area contributed by atoms with E-state index in [1.165, 1.54) is 82.0 Å². The molecule has 0 aliphatic carbocycles. The van der Waals surface area contributed by atoms with E-state index < -0.39 is 51.4 Å². The van der Waals surface area contributed by atoms with Gasteiger partial charge in [-0.3, -0.25) is 0 Å². The van der Waals surface area contributed by atoms with Crippen molar-refractivity contribution in [3.63, 3.8) is 0 Å². The number of carbonyl (C=O) groups is 1. The molecule has 0 bridgehead atoms. The molecule has 5 nitrogen and oxygen atoms in total. The Morgan fingerprint density at radius 2 is 1.31 bits per heavy atom. The van der Waals surface area contributed by atoms with Gasteiger partial charge in [-0.05, 0) is 0 Å². The second-order valence-electron chi connectivity index (χ2n) is 10.8. The molecular weight excluding hydrogens is 666 g/mol. The van der Waals surface area contributed by atoms with Gasteiger partial charge in [0.2, 0.25) is 0 Å². The Kier molecular flexibility index (Phi) is 25.3. The van der Waals surface area contributed by atoms with Crippen LogP contribution in [0.1, 0.15) is 138 Å². The average Bonchev–Trinajstić information content (AvgIpc) is 2.86. The predicted molar refractivity (Wildman–Crippen MR) is 159 cm³/mol. The van der Waals surface area contributed by atoms with Crippen LogP contribution in [0.3, 0.4) is 0 Å². The van der Waals surface area contributed by atoms with Gasteiger partial charge in [0, 0.05) is 0 Å². The molecule has 0 saturated carbocycles. The average molecular weight is 728 g/mol. The molecule has 0 spiro atoms. The summed E-state index contributed by atoms with van der Waals surface area (Å²) in [7, 11) is 0. The summed E-state index contributed by atoms with van der Waals surface area (Å²) in [5.74, 6) is 0. The van der Waals surface area contributed by atoms with Crippen molar-refractivity contribution in [3.05, 3.63) is 0 Å². The summed E-state index contributed by atoms with van der Waals surface area (Å²) in [5.41, 5.74) is 0. The molecule has 0 fully saturated rings. The van der Waals surface area contributed by atoms with Crippen molar-refractivity contribution in [2.24, 2.45) is 0 Å². The summed E-state index contributed by atoms with van der Waals surface area (Å²) in [6.45, 7) is 14.3. The molecule has 0 amide bonds. The fraction of sp³-hybridized carbons (Fsp3) is 0.966. The molecule has 0 rings (SSSR count). The molecule has 216 valence electrons. The van der Waals surface area contributed by atoms with Gasteiger partial charge in [0.25, 0.3) is 0 Å². The summed E-state index contributed by atoms with van der Waals surface area (Å²) >= 11 is -5.18. The SMILES string of the molecule is CCCCCCOC(C[CH](CCC)[Sn]([CH2]CCC)([CH2]CCC)[O][SnH]([CH2]CCC)[CH2]CCC)OC(=O)O. The second-order valence-corrected chi connectivity index (χ2v) is 34.1. The molecule has 1 N–H and O–H groups in total. The van der Waals surface area contributed by atoms with Crippen LogP contribution in [0.4, 0.5) is 4.79 Å². The van der Waals surface area contributed by atoms with Crippen LogP contribution in [0.2, 0.25) is 21.7 Å². The molecule has 0 aromatic carbocycles. The third-order valence-electron chi connectivity index (χ3n) is 7.46. The van der Waals surface area contributed by atoms with Gasteiger partial charge in [-0.15, -0.1) is 0 Å². The standard InChI is InChI=1S/C13H25O4.4C4H9.O.2Sn.H/c1-3-5-7-9-11-16-12(17-13(14)15)10-8-6-4-2;4*1-3-4-2;;;;/h8,12H,3-7,9-11H2,1-2H3,(H,14,15);4*1,3-4H2,2H3;;;;. The summed E-state index contributed by atoms with van der Waals surface area (Å²) in [5, 5.41) is 9.49. The Hall–Kier alpha value is 0.787. The molecule has 7 heteroatoms. The summed E-state index contributed by atoms with van der Waals surface area (Å²) in [6.07, 6.45) is 15.6. The summed E-state index contributed by atoms with van der Waals surface area (Å²) in [6, 6.07) is 0. The molecule has 2 unspecified atom stereocenters. The molecule has 0 aromatic heterocycles. The molecule has 0 radical (unpaired) electrons. The van der Waals surface area contributed by atoms with E-state index in [9.17, 15) is 9.90 Å². The quantitative estimate of drug-likeness (QED) is 0.0416. The zero-order valence-electron chi connectivity index (χ0n) is 25.0. The van der Waals surface area contributed by atoms with Gasteiger partial charge in [-0.25, -0.2) is 0 Å². The van der Waals surface area contributed by atoms with E-state index in [4.69, 9.17) is 10.9 Å². The number of rotatable bonds is 26. The third-order valence-corrected chi connectivity index (χ3v) is 43.7. The first-order valence-corrected chi connectivity index (χ1v) is 28.5. The van der Waals surface area contributed by atoms with E-state index in [0.717, 1.165) is 25.7 Å². The van der Waals surface area contributed by atoms with Crippen LogP contribution in [0.25, 0.3) is 0 Å². The Bertz CT molecular complexity index is 490. The molecule has 0 saturated heterocycles. The molecule has 0 aromatic rings. The Balaban J connectivity index is 5.98. The zero-order valence-corrected chi connectivity index (χ0v) is 31.1. The van der Waals surface area contributed by atoms with Gasteiger partial charge in [-0.2, -0.15) is 0 Å². The zero-order chi connectivity index (χ0) is 27.1. The number of unbranched alkanes of at least 4 members (excludes halogenated alkanes) is 7. The van der Waals surface area contributed by atoms with Crippen LogP contribution in [0, 0.1) is 0 Å². The molecule has 2 atom stereocenters. The number of hydrogen-bond acceptors (Lipinski definition) is 4. The van der Waals surface area contributed by atoms with Gasteiger partial charge in [0.1, 0.15) is 0 Å². The minimum atomic E-state index is -3.07. The van der Waals surface area contributed by atoms with Gasteiger partial charge in [-0.1, -0.05) is 0 Å². The first-order chi connectivity index (χ1) is 17.4. The van der Waals surface area contributed by atoms with Crippen LogP contribution in [0.5, 0.6) is 0 Å². The Morgan fingerprint density at radius 3 is 1.78 bits per heavy atom. The van der Waals surface area contributed by atoms with Crippen LogP contribution in [-0.4, -0.2) is 63.1 Å². The van der Waals surface area contributed by atoms with Crippen molar-refractivity contribution in [2.75, 3.05) is 6.61 Å². The van der Waals surface area contributed by atoms with Gasteiger partial charge in [0.05, 0.1) is 0 Å². The van der Waals surface area contributed by atoms with E-state index >= 15 is 0 Å². The molecule has 0 aliphatic rings. The van der Waals surface area contributed by atoms with Crippen molar-refractivity contribution >= 4 is 45.1 Å². The Labute approximate surface area is 236 Å². The van der Waals surface area contributed by atoms with Gasteiger partial charge < -0.3 is 0 Å². The normalized spacial score (nSPS) is 13.8. The topological polar surface area (TPSA) is 65.0 Å². The third kappa shape index (κ3) is 17.4. The van der Waals surface area contributed by atoms with Gasteiger partial charge >= 0.3 is 238 Å². The van der Waals surface area contributed by atoms with Crippen LogP contribution in [-0.2, 0) is 10.9 Å². The number of carboxylic acid groups (broad SMARTS) is 1. The monoisotopic (exact) mass is 730 g/mol. The second kappa shape index (κ2) is 24.8. The van der Waals surface area contributed by atoms with E-state index in [1.807, 2.05) is 0 Å². The number of ether oxygens (including phenoxy) is 2. The van der Waals surface area contributed by atoms with Crippen molar-refractivity contribution in [2.45, 2.75) is 166 Å². The molecule has 36 heavy (non-hydrogen) atoms. The maximum atomic E-state index is 11.6. The van der Waals surface area contributed by atoms with E-state index in [-0.39, 0.29) is 0 Å².